The van der Waals surface area contributed by atoms with Gasteiger partial charge in [0.05, 0.1) is 23.8 Å². The number of nitrogens with zero attached hydrogens (tertiary/aromatic N) is 3. The van der Waals surface area contributed by atoms with Gasteiger partial charge >= 0.3 is 0 Å². The van der Waals surface area contributed by atoms with Gasteiger partial charge in [-0.15, -0.1) is 0 Å². The number of fused-ring (bicyclic) bond motifs is 1. The molecule has 1 heterocycles. The molecule has 10 heteroatoms. The van der Waals surface area contributed by atoms with Crippen molar-refractivity contribution in [3.05, 3.63) is 42.0 Å². The molecule has 0 aliphatic heterocycles. The van der Waals surface area contributed by atoms with E-state index in [9.17, 15) is 13.2 Å². The summed E-state index contributed by atoms with van der Waals surface area (Å²) in [6.45, 7) is 6.91. The van der Waals surface area contributed by atoms with Crippen molar-refractivity contribution in [3.63, 3.8) is 0 Å². The highest BCUT2D eigenvalue weighted by molar-refractivity contribution is 7.91. The van der Waals surface area contributed by atoms with Crippen molar-refractivity contribution >= 4 is 42.4 Å². The van der Waals surface area contributed by atoms with E-state index in [1.807, 2.05) is 6.07 Å². The Morgan fingerprint density at radius 1 is 1.03 bits per heavy atom. The average Bonchev–Trinajstić information content (AvgIpc) is 3.24. The highest BCUT2D eigenvalue weighted by Gasteiger charge is 2.25. The van der Waals surface area contributed by atoms with Crippen molar-refractivity contribution in [3.8, 4) is 11.5 Å². The average molecular weight is 492 g/mol. The van der Waals surface area contributed by atoms with Gasteiger partial charge in [-0.2, -0.15) is 0 Å². The lowest BCUT2D eigenvalue weighted by Crippen LogP contribution is -2.38. The SMILES string of the molecule is CCN(CC)CCN(C(=O)c1ccc(OC)c(OC)c1)c1nc2c(S(C)(=O)=O)cccc2s1. The van der Waals surface area contributed by atoms with Crippen LogP contribution in [0.25, 0.3) is 10.2 Å². The molecule has 178 valence electrons. The first kappa shape index (κ1) is 24.9. The molecule has 1 aromatic heterocycles. The molecule has 33 heavy (non-hydrogen) atoms. The lowest BCUT2D eigenvalue weighted by Gasteiger charge is -2.25. The van der Waals surface area contributed by atoms with Gasteiger partial charge in [-0.25, -0.2) is 13.4 Å². The van der Waals surface area contributed by atoms with Crippen molar-refractivity contribution in [2.75, 3.05) is 51.6 Å². The normalized spacial score (nSPS) is 11.7. The lowest BCUT2D eigenvalue weighted by molar-refractivity contribution is 0.0983. The number of thiazole rings is 1. The molecule has 3 aromatic rings. The van der Waals surface area contributed by atoms with Crippen LogP contribution in [-0.2, 0) is 9.84 Å². The van der Waals surface area contributed by atoms with Gasteiger partial charge in [-0.3, -0.25) is 9.69 Å². The molecule has 0 aliphatic rings. The second-order valence-corrected chi connectivity index (χ2v) is 10.4. The molecule has 1 amide bonds. The second kappa shape index (κ2) is 10.5. The van der Waals surface area contributed by atoms with E-state index in [1.54, 1.807) is 29.2 Å². The number of carbonyl (C=O) groups is 1. The number of likely N-dealkylation sites (N-methyl/N-ethyl adjacent to an activating group) is 1. The molecule has 8 nitrogen and oxygen atoms in total. The molecule has 0 bridgehead atoms. The van der Waals surface area contributed by atoms with Gasteiger partial charge < -0.3 is 14.4 Å². The highest BCUT2D eigenvalue weighted by atomic mass is 32.2. The number of para-hydroxylation sites is 1. The Balaban J connectivity index is 2.08. The van der Waals surface area contributed by atoms with Gasteiger partial charge in [0, 0.05) is 24.9 Å². The zero-order valence-corrected chi connectivity index (χ0v) is 21.1. The quantitative estimate of drug-likeness (QED) is 0.427. The van der Waals surface area contributed by atoms with Crippen LogP contribution in [-0.4, -0.2) is 70.9 Å². The number of sulfone groups is 1. The molecule has 0 saturated heterocycles. The number of carbonyl (C=O) groups excluding carboxylic acids is 1. The van der Waals surface area contributed by atoms with E-state index in [4.69, 9.17) is 9.47 Å². The number of ether oxygens (including phenoxy) is 2. The van der Waals surface area contributed by atoms with Crippen LogP contribution >= 0.6 is 11.3 Å². The number of anilines is 1. The van der Waals surface area contributed by atoms with Crippen molar-refractivity contribution in [1.82, 2.24) is 9.88 Å². The number of rotatable bonds is 10. The molecule has 0 aliphatic carbocycles. The molecule has 0 atom stereocenters. The fraction of sp³-hybridized carbons (Fsp3) is 0.391. The van der Waals surface area contributed by atoms with Gasteiger partial charge in [0.2, 0.25) is 0 Å². The number of methoxy groups -OCH3 is 2. The largest absolute Gasteiger partial charge is 0.493 e. The number of amides is 1. The standard InChI is InChI=1S/C23H29N3O5S2/c1-6-25(7-2)13-14-26(22(27)16-11-12-17(30-3)18(15-16)31-4)23-24-21-19(32-23)9-8-10-20(21)33(5,28)29/h8-12,15H,6-7,13-14H2,1-5H3. The Labute approximate surface area is 198 Å². The first-order chi connectivity index (χ1) is 15.7. The molecule has 3 rings (SSSR count). The topological polar surface area (TPSA) is 89.0 Å². The smallest absolute Gasteiger partial charge is 0.260 e. The van der Waals surface area contributed by atoms with Gasteiger partial charge in [0.15, 0.2) is 26.5 Å². The summed E-state index contributed by atoms with van der Waals surface area (Å²) in [5.41, 5.74) is 0.808. The summed E-state index contributed by atoms with van der Waals surface area (Å²) >= 11 is 1.30. The van der Waals surface area contributed by atoms with E-state index in [0.29, 0.717) is 45.5 Å². The predicted octanol–water partition coefficient (Wildman–Crippen LogP) is 3.71. The summed E-state index contributed by atoms with van der Waals surface area (Å²) in [5.74, 6) is 0.736. The van der Waals surface area contributed by atoms with Crippen LogP contribution in [0, 0.1) is 0 Å². The molecular weight excluding hydrogens is 462 g/mol. The third kappa shape index (κ3) is 5.45. The highest BCUT2D eigenvalue weighted by Crippen LogP contribution is 2.34. The van der Waals surface area contributed by atoms with Crippen LogP contribution in [0.15, 0.2) is 41.3 Å². The number of benzene rings is 2. The van der Waals surface area contributed by atoms with Gasteiger partial charge in [0.25, 0.3) is 5.91 Å². The fourth-order valence-corrected chi connectivity index (χ4v) is 5.43. The zero-order valence-electron chi connectivity index (χ0n) is 19.5. The number of hydrogen-bond donors (Lipinski definition) is 0. The van der Waals surface area contributed by atoms with Crippen LogP contribution in [0.5, 0.6) is 11.5 Å². The minimum absolute atomic E-state index is 0.157. The maximum Gasteiger partial charge on any atom is 0.260 e. The van der Waals surface area contributed by atoms with Crippen molar-refractivity contribution in [2.45, 2.75) is 18.7 Å². The molecule has 0 spiro atoms. The third-order valence-electron chi connectivity index (χ3n) is 5.41. The Hall–Kier alpha value is -2.69. The Kier molecular flexibility index (Phi) is 7.93. The molecule has 2 aromatic carbocycles. The molecular formula is C23H29N3O5S2. The molecule has 0 saturated carbocycles. The summed E-state index contributed by atoms with van der Waals surface area (Å²) in [6.07, 6.45) is 1.16. The second-order valence-electron chi connectivity index (χ2n) is 7.42. The summed E-state index contributed by atoms with van der Waals surface area (Å²) in [6, 6.07) is 10.1. The fourth-order valence-electron chi connectivity index (χ4n) is 3.52. The monoisotopic (exact) mass is 491 g/mol. The van der Waals surface area contributed by atoms with E-state index >= 15 is 0 Å². The third-order valence-corrected chi connectivity index (χ3v) is 7.58. The molecule has 0 fully saturated rings. The van der Waals surface area contributed by atoms with Crippen molar-refractivity contribution in [1.29, 1.82) is 0 Å². The van der Waals surface area contributed by atoms with E-state index in [1.165, 1.54) is 31.6 Å². The minimum atomic E-state index is -3.46. The number of aromatic nitrogens is 1. The zero-order chi connectivity index (χ0) is 24.2. The molecule has 0 N–H and O–H groups in total. The molecule has 0 unspecified atom stereocenters. The Morgan fingerprint density at radius 2 is 1.73 bits per heavy atom. The summed E-state index contributed by atoms with van der Waals surface area (Å²) in [4.78, 5) is 22.2. The Morgan fingerprint density at radius 3 is 2.33 bits per heavy atom. The van der Waals surface area contributed by atoms with Crippen LogP contribution in [0.4, 0.5) is 5.13 Å². The van der Waals surface area contributed by atoms with Crippen LogP contribution < -0.4 is 14.4 Å². The van der Waals surface area contributed by atoms with Crippen LogP contribution in [0.2, 0.25) is 0 Å². The van der Waals surface area contributed by atoms with E-state index < -0.39 is 9.84 Å². The first-order valence-electron chi connectivity index (χ1n) is 10.6. The first-order valence-corrected chi connectivity index (χ1v) is 13.3. The summed E-state index contributed by atoms with van der Waals surface area (Å²) in [7, 11) is -0.406. The van der Waals surface area contributed by atoms with Crippen LogP contribution in [0.3, 0.4) is 0 Å². The van der Waals surface area contributed by atoms with Gasteiger partial charge in [-0.1, -0.05) is 31.3 Å². The van der Waals surface area contributed by atoms with E-state index in [2.05, 4.69) is 23.7 Å². The van der Waals surface area contributed by atoms with Gasteiger partial charge in [-0.05, 0) is 43.4 Å². The lowest BCUT2D eigenvalue weighted by atomic mass is 10.1. The van der Waals surface area contributed by atoms with Crippen molar-refractivity contribution < 1.29 is 22.7 Å². The Bertz CT molecular complexity index is 1240. The van der Waals surface area contributed by atoms with Crippen LogP contribution in [0.1, 0.15) is 24.2 Å². The van der Waals surface area contributed by atoms with E-state index in [0.717, 1.165) is 19.3 Å². The van der Waals surface area contributed by atoms with E-state index in [-0.39, 0.29) is 10.8 Å². The molecule has 0 radical (unpaired) electrons. The summed E-state index contributed by atoms with van der Waals surface area (Å²) in [5, 5.41) is 0.452. The summed E-state index contributed by atoms with van der Waals surface area (Å²) < 4.78 is 35.9. The maximum atomic E-state index is 13.6. The maximum absolute atomic E-state index is 13.6. The van der Waals surface area contributed by atoms with Crippen molar-refractivity contribution in [2.24, 2.45) is 0 Å². The minimum Gasteiger partial charge on any atom is -0.493 e. The number of hydrogen-bond acceptors (Lipinski definition) is 8. The predicted molar refractivity (Wildman–Crippen MR) is 132 cm³/mol. The van der Waals surface area contributed by atoms with Gasteiger partial charge in [0.1, 0.15) is 5.52 Å².